The first-order valence-electron chi connectivity index (χ1n) is 11.2. The summed E-state index contributed by atoms with van der Waals surface area (Å²) in [6, 6.07) is 10.3. The van der Waals surface area contributed by atoms with Crippen molar-refractivity contribution in [2.45, 2.75) is 71.0 Å². The molecule has 1 fully saturated rings. The minimum absolute atomic E-state index is 0.0589. The molecule has 3 aromatic rings. The number of hydrogen-bond acceptors (Lipinski definition) is 3. The van der Waals surface area contributed by atoms with Crippen LogP contribution in [-0.4, -0.2) is 28.0 Å². The number of nitrogens with zero attached hydrogens (tertiary/aromatic N) is 2. The lowest BCUT2D eigenvalue weighted by Crippen LogP contribution is -2.65. The third-order valence-electron chi connectivity index (χ3n) is 6.94. The van der Waals surface area contributed by atoms with Crippen molar-refractivity contribution < 1.29 is 9.59 Å². The number of rotatable bonds is 3. The topological polar surface area (TPSA) is 54.3 Å². The van der Waals surface area contributed by atoms with Crippen molar-refractivity contribution in [3.05, 3.63) is 52.5 Å². The zero-order valence-electron chi connectivity index (χ0n) is 18.4. The number of fused-ring (bicyclic) bond motifs is 3. The van der Waals surface area contributed by atoms with Crippen molar-refractivity contribution in [2.24, 2.45) is 0 Å². The van der Waals surface area contributed by atoms with Gasteiger partial charge in [-0.1, -0.05) is 31.4 Å². The third kappa shape index (κ3) is 3.28. The maximum atomic E-state index is 13.9. The molecular weight excluding hydrogens is 406 g/mol. The van der Waals surface area contributed by atoms with E-state index in [-0.39, 0.29) is 17.9 Å². The third-order valence-corrected chi connectivity index (χ3v) is 7.79. The summed E-state index contributed by atoms with van der Waals surface area (Å²) < 4.78 is 3.12. The Kier molecular flexibility index (Phi) is 4.93. The highest BCUT2D eigenvalue weighted by Gasteiger charge is 2.49. The minimum atomic E-state index is -1.01. The molecule has 1 saturated carbocycles. The van der Waals surface area contributed by atoms with Gasteiger partial charge in [-0.05, 0) is 68.3 Å². The Labute approximate surface area is 187 Å². The average Bonchev–Trinajstić information content (AvgIpc) is 3.34. The van der Waals surface area contributed by atoms with Gasteiger partial charge in [-0.25, -0.2) is 0 Å². The summed E-state index contributed by atoms with van der Waals surface area (Å²) >= 11 is 1.63. The van der Waals surface area contributed by atoms with Crippen LogP contribution in [0.2, 0.25) is 0 Å². The standard InChI is InChI=1S/C25H29N3O2S/c1-16-9-10-17(2)20(13-16)28-23(29)21-14-22-19(11-12-31-22)27(21)15-25(28,3)24(30)26-18-7-5-4-6-8-18/h9-14,18H,4-8,15H2,1-3H3,(H,26,30). The van der Waals surface area contributed by atoms with Gasteiger partial charge in [-0.2, -0.15) is 0 Å². The van der Waals surface area contributed by atoms with Gasteiger partial charge in [0.15, 0.2) is 0 Å². The lowest BCUT2D eigenvalue weighted by Gasteiger charge is -2.45. The van der Waals surface area contributed by atoms with Crippen LogP contribution >= 0.6 is 11.3 Å². The number of carbonyl (C=O) groups excluding carboxylic acids is 2. The Morgan fingerprint density at radius 1 is 1.13 bits per heavy atom. The Bertz CT molecular complexity index is 1170. The molecule has 1 aliphatic heterocycles. The van der Waals surface area contributed by atoms with E-state index in [1.165, 1.54) is 6.42 Å². The summed E-state index contributed by atoms with van der Waals surface area (Å²) in [6.45, 7) is 6.40. The minimum Gasteiger partial charge on any atom is -0.351 e. The van der Waals surface area contributed by atoms with Crippen LogP contribution in [0.15, 0.2) is 35.7 Å². The van der Waals surface area contributed by atoms with Gasteiger partial charge in [0, 0.05) is 11.7 Å². The molecule has 5 nitrogen and oxygen atoms in total. The first-order valence-corrected chi connectivity index (χ1v) is 12.1. The highest BCUT2D eigenvalue weighted by molar-refractivity contribution is 7.17. The van der Waals surface area contributed by atoms with Crippen molar-refractivity contribution in [3.63, 3.8) is 0 Å². The normalized spacial score (nSPS) is 22.0. The smallest absolute Gasteiger partial charge is 0.275 e. The molecule has 0 spiro atoms. The fourth-order valence-electron chi connectivity index (χ4n) is 5.14. The van der Waals surface area contributed by atoms with Gasteiger partial charge in [0.05, 0.1) is 16.8 Å². The van der Waals surface area contributed by atoms with Crippen molar-refractivity contribution in [1.82, 2.24) is 9.88 Å². The van der Waals surface area contributed by atoms with E-state index in [1.807, 2.05) is 61.1 Å². The predicted molar refractivity (Wildman–Crippen MR) is 126 cm³/mol. The lowest BCUT2D eigenvalue weighted by atomic mass is 9.90. The zero-order chi connectivity index (χ0) is 21.8. The Balaban J connectivity index is 1.63. The van der Waals surface area contributed by atoms with E-state index in [0.717, 1.165) is 52.7 Å². The van der Waals surface area contributed by atoms with E-state index in [9.17, 15) is 9.59 Å². The van der Waals surface area contributed by atoms with Gasteiger partial charge < -0.3 is 9.88 Å². The summed E-state index contributed by atoms with van der Waals surface area (Å²) in [6.07, 6.45) is 5.57. The van der Waals surface area contributed by atoms with Gasteiger partial charge in [0.25, 0.3) is 5.91 Å². The lowest BCUT2D eigenvalue weighted by molar-refractivity contribution is -0.127. The van der Waals surface area contributed by atoms with Gasteiger partial charge in [-0.3, -0.25) is 14.5 Å². The van der Waals surface area contributed by atoms with Crippen LogP contribution in [0, 0.1) is 13.8 Å². The van der Waals surface area contributed by atoms with Crippen LogP contribution in [0.5, 0.6) is 0 Å². The maximum absolute atomic E-state index is 13.9. The summed E-state index contributed by atoms with van der Waals surface area (Å²) in [5.74, 6) is -0.166. The maximum Gasteiger partial charge on any atom is 0.275 e. The molecule has 31 heavy (non-hydrogen) atoms. The van der Waals surface area contributed by atoms with Crippen molar-refractivity contribution in [3.8, 4) is 0 Å². The fourth-order valence-corrected chi connectivity index (χ4v) is 5.96. The first-order chi connectivity index (χ1) is 14.9. The fraction of sp³-hybridized carbons (Fsp3) is 0.440. The highest BCUT2D eigenvalue weighted by atomic mass is 32.1. The number of amides is 2. The van der Waals surface area contributed by atoms with Gasteiger partial charge in [0.1, 0.15) is 11.2 Å². The Morgan fingerprint density at radius 3 is 2.68 bits per heavy atom. The summed E-state index contributed by atoms with van der Waals surface area (Å²) in [5.41, 5.74) is 3.58. The summed E-state index contributed by atoms with van der Waals surface area (Å²) in [5, 5.41) is 5.35. The van der Waals surface area contributed by atoms with E-state index in [0.29, 0.717) is 12.2 Å². The van der Waals surface area contributed by atoms with Gasteiger partial charge in [-0.15, -0.1) is 11.3 Å². The molecule has 1 atom stereocenters. The molecule has 3 heterocycles. The van der Waals surface area contributed by atoms with Crippen LogP contribution in [0.25, 0.3) is 10.2 Å². The van der Waals surface area contributed by atoms with Crippen molar-refractivity contribution in [1.29, 1.82) is 0 Å². The second-order valence-corrected chi connectivity index (χ2v) is 10.2. The van der Waals surface area contributed by atoms with Crippen LogP contribution in [0.3, 0.4) is 0 Å². The summed E-state index contributed by atoms with van der Waals surface area (Å²) in [4.78, 5) is 29.5. The predicted octanol–water partition coefficient (Wildman–Crippen LogP) is 5.19. The van der Waals surface area contributed by atoms with Crippen LogP contribution < -0.4 is 10.2 Å². The Morgan fingerprint density at radius 2 is 1.90 bits per heavy atom. The number of anilines is 1. The molecule has 0 saturated heterocycles. The molecule has 1 N–H and O–H groups in total. The molecular formula is C25H29N3O2S. The molecule has 2 aromatic heterocycles. The SMILES string of the molecule is Cc1ccc(C)c(N2C(=O)c3cc4sccc4n3CC2(C)C(=O)NC2CCCCC2)c1. The first kappa shape index (κ1) is 20.3. The molecule has 0 bridgehead atoms. The molecule has 1 unspecified atom stereocenters. The second-order valence-electron chi connectivity index (χ2n) is 9.30. The number of hydrogen-bond donors (Lipinski definition) is 1. The molecule has 162 valence electrons. The van der Waals surface area contributed by atoms with E-state index in [1.54, 1.807) is 16.2 Å². The zero-order valence-corrected chi connectivity index (χ0v) is 19.2. The van der Waals surface area contributed by atoms with Crippen LogP contribution in [0.4, 0.5) is 5.69 Å². The average molecular weight is 436 g/mol. The molecule has 0 radical (unpaired) electrons. The monoisotopic (exact) mass is 435 g/mol. The largest absolute Gasteiger partial charge is 0.351 e. The van der Waals surface area contributed by atoms with E-state index in [4.69, 9.17) is 0 Å². The number of carbonyl (C=O) groups is 2. The van der Waals surface area contributed by atoms with E-state index in [2.05, 4.69) is 5.32 Å². The number of benzene rings is 1. The number of nitrogens with one attached hydrogen (secondary N) is 1. The molecule has 1 aromatic carbocycles. The molecule has 5 rings (SSSR count). The van der Waals surface area contributed by atoms with Gasteiger partial charge >= 0.3 is 0 Å². The highest BCUT2D eigenvalue weighted by Crippen LogP contribution is 2.38. The molecule has 6 heteroatoms. The van der Waals surface area contributed by atoms with Crippen LogP contribution in [-0.2, 0) is 11.3 Å². The van der Waals surface area contributed by atoms with Crippen molar-refractivity contribution >= 4 is 39.1 Å². The van der Waals surface area contributed by atoms with E-state index < -0.39 is 5.54 Å². The quantitative estimate of drug-likeness (QED) is 0.616. The van der Waals surface area contributed by atoms with E-state index >= 15 is 0 Å². The molecule has 2 amide bonds. The van der Waals surface area contributed by atoms with Gasteiger partial charge in [0.2, 0.25) is 5.91 Å². The number of thiophene rings is 1. The number of aryl methyl sites for hydroxylation is 2. The van der Waals surface area contributed by atoms with Crippen molar-refractivity contribution in [2.75, 3.05) is 4.90 Å². The Hall–Kier alpha value is -2.60. The second kappa shape index (κ2) is 7.52. The molecule has 2 aliphatic rings. The van der Waals surface area contributed by atoms with Crippen LogP contribution in [0.1, 0.15) is 60.6 Å². The molecule has 1 aliphatic carbocycles. The number of aromatic nitrogens is 1. The summed E-state index contributed by atoms with van der Waals surface area (Å²) in [7, 11) is 0.